The number of nitrogens with one attached hydrogen (secondary N) is 1. The molecule has 1 atom stereocenters. The number of aliphatic hydroxyl groups excluding tert-OH is 1. The summed E-state index contributed by atoms with van der Waals surface area (Å²) >= 11 is 1.59. The number of ether oxygens (including phenoxy) is 1. The molecule has 1 aromatic heterocycles. The predicted octanol–water partition coefficient (Wildman–Crippen LogP) is 2.09. The first-order valence-electron chi connectivity index (χ1n) is 6.21. The fourth-order valence-electron chi connectivity index (χ4n) is 1.82. The average molecular weight is 279 g/mol. The maximum Gasteiger partial charge on any atom is 0.246 e. The van der Waals surface area contributed by atoms with E-state index in [4.69, 9.17) is 4.74 Å². The maximum atomic E-state index is 11.4. The van der Waals surface area contributed by atoms with Gasteiger partial charge in [-0.05, 0) is 23.8 Å². The SMILES string of the molecule is CCOCC(=O)NCC(O)c1csc2ccccc12. The van der Waals surface area contributed by atoms with Crippen LogP contribution < -0.4 is 5.32 Å². The molecule has 1 heterocycles. The van der Waals surface area contributed by atoms with E-state index in [2.05, 4.69) is 5.32 Å². The summed E-state index contributed by atoms with van der Waals surface area (Å²) in [4.78, 5) is 11.4. The summed E-state index contributed by atoms with van der Waals surface area (Å²) in [5.74, 6) is -0.208. The fraction of sp³-hybridized carbons (Fsp3) is 0.357. The molecule has 0 fully saturated rings. The molecule has 0 aliphatic heterocycles. The number of aliphatic hydroxyl groups is 1. The standard InChI is InChI=1S/C14H17NO3S/c1-2-18-8-14(17)15-7-12(16)11-9-19-13-6-4-3-5-10(11)13/h3-6,9,12,16H,2,7-8H2,1H3,(H,15,17). The minimum Gasteiger partial charge on any atom is -0.387 e. The third kappa shape index (κ3) is 3.53. The van der Waals surface area contributed by atoms with E-state index in [9.17, 15) is 9.90 Å². The summed E-state index contributed by atoms with van der Waals surface area (Å²) in [7, 11) is 0. The van der Waals surface area contributed by atoms with Gasteiger partial charge in [-0.15, -0.1) is 11.3 Å². The quantitative estimate of drug-likeness (QED) is 0.851. The molecule has 1 unspecified atom stereocenters. The van der Waals surface area contributed by atoms with Gasteiger partial charge in [0.25, 0.3) is 0 Å². The van der Waals surface area contributed by atoms with Crippen LogP contribution in [-0.4, -0.2) is 30.8 Å². The van der Waals surface area contributed by atoms with Gasteiger partial charge in [-0.2, -0.15) is 0 Å². The second kappa shape index (κ2) is 6.65. The van der Waals surface area contributed by atoms with Crippen LogP contribution in [0.1, 0.15) is 18.6 Å². The number of rotatable bonds is 6. The molecule has 2 rings (SSSR count). The van der Waals surface area contributed by atoms with Gasteiger partial charge in [0.1, 0.15) is 6.61 Å². The van der Waals surface area contributed by atoms with Gasteiger partial charge in [0, 0.05) is 23.4 Å². The van der Waals surface area contributed by atoms with Crippen LogP contribution in [0.5, 0.6) is 0 Å². The van der Waals surface area contributed by atoms with Gasteiger partial charge in [0.2, 0.25) is 5.91 Å². The number of hydrogen-bond acceptors (Lipinski definition) is 4. The Kier molecular flexibility index (Phi) is 4.90. The largest absolute Gasteiger partial charge is 0.387 e. The smallest absolute Gasteiger partial charge is 0.246 e. The molecule has 0 bridgehead atoms. The number of fused-ring (bicyclic) bond motifs is 1. The van der Waals surface area contributed by atoms with E-state index in [0.29, 0.717) is 6.61 Å². The number of carbonyl (C=O) groups is 1. The Morgan fingerprint density at radius 2 is 2.26 bits per heavy atom. The summed E-state index contributed by atoms with van der Waals surface area (Å²) in [5.41, 5.74) is 0.859. The summed E-state index contributed by atoms with van der Waals surface area (Å²) in [6.45, 7) is 2.57. The van der Waals surface area contributed by atoms with Gasteiger partial charge in [-0.3, -0.25) is 4.79 Å². The van der Waals surface area contributed by atoms with Crippen LogP contribution in [0.2, 0.25) is 0 Å². The van der Waals surface area contributed by atoms with Crippen LogP contribution in [0, 0.1) is 0 Å². The zero-order chi connectivity index (χ0) is 13.7. The molecular weight excluding hydrogens is 262 g/mol. The highest BCUT2D eigenvalue weighted by atomic mass is 32.1. The summed E-state index contributed by atoms with van der Waals surface area (Å²) in [5, 5.41) is 15.8. The number of thiophene rings is 1. The van der Waals surface area contributed by atoms with Gasteiger partial charge in [0.15, 0.2) is 0 Å². The van der Waals surface area contributed by atoms with E-state index in [1.54, 1.807) is 11.3 Å². The van der Waals surface area contributed by atoms with Crippen LogP contribution in [0.4, 0.5) is 0 Å². The Morgan fingerprint density at radius 1 is 1.47 bits per heavy atom. The van der Waals surface area contributed by atoms with Crippen LogP contribution in [0.25, 0.3) is 10.1 Å². The van der Waals surface area contributed by atoms with Crippen molar-refractivity contribution >= 4 is 27.3 Å². The van der Waals surface area contributed by atoms with Gasteiger partial charge < -0.3 is 15.2 Å². The van der Waals surface area contributed by atoms with Crippen molar-refractivity contribution in [3.8, 4) is 0 Å². The van der Waals surface area contributed by atoms with E-state index in [-0.39, 0.29) is 19.1 Å². The van der Waals surface area contributed by atoms with E-state index in [0.717, 1.165) is 15.6 Å². The van der Waals surface area contributed by atoms with Crippen molar-refractivity contribution in [1.82, 2.24) is 5.32 Å². The lowest BCUT2D eigenvalue weighted by atomic mass is 10.1. The van der Waals surface area contributed by atoms with Crippen LogP contribution >= 0.6 is 11.3 Å². The second-order valence-electron chi connectivity index (χ2n) is 4.14. The molecule has 0 radical (unpaired) electrons. The topological polar surface area (TPSA) is 58.6 Å². The van der Waals surface area contributed by atoms with Crippen LogP contribution in [-0.2, 0) is 9.53 Å². The first-order chi connectivity index (χ1) is 9.22. The van der Waals surface area contributed by atoms with Crippen molar-refractivity contribution in [3.63, 3.8) is 0 Å². The number of carbonyl (C=O) groups excluding carboxylic acids is 1. The Bertz CT molecular complexity index is 552. The third-order valence-electron chi connectivity index (χ3n) is 2.80. The molecule has 5 heteroatoms. The molecule has 1 amide bonds. The molecule has 102 valence electrons. The molecule has 0 aliphatic rings. The molecule has 4 nitrogen and oxygen atoms in total. The molecule has 1 aromatic carbocycles. The highest BCUT2D eigenvalue weighted by Gasteiger charge is 2.13. The maximum absolute atomic E-state index is 11.4. The first-order valence-corrected chi connectivity index (χ1v) is 7.09. The zero-order valence-electron chi connectivity index (χ0n) is 10.8. The molecule has 0 aliphatic carbocycles. The second-order valence-corrected chi connectivity index (χ2v) is 5.06. The Labute approximate surface area is 116 Å². The Hall–Kier alpha value is -1.43. The number of amides is 1. The fourth-order valence-corrected chi connectivity index (χ4v) is 2.83. The molecular formula is C14H17NO3S. The van der Waals surface area contributed by atoms with Crippen LogP contribution in [0.3, 0.4) is 0 Å². The Balaban J connectivity index is 1.96. The highest BCUT2D eigenvalue weighted by molar-refractivity contribution is 7.17. The molecule has 0 saturated heterocycles. The van der Waals surface area contributed by atoms with E-state index in [1.165, 1.54) is 0 Å². The van der Waals surface area contributed by atoms with Crippen molar-refractivity contribution in [2.75, 3.05) is 19.8 Å². The summed E-state index contributed by atoms with van der Waals surface area (Å²) < 4.78 is 6.13. The molecule has 2 aromatic rings. The Morgan fingerprint density at radius 3 is 3.05 bits per heavy atom. The lowest BCUT2D eigenvalue weighted by molar-refractivity contribution is -0.126. The molecule has 19 heavy (non-hydrogen) atoms. The van der Waals surface area contributed by atoms with Gasteiger partial charge in [-0.25, -0.2) is 0 Å². The molecule has 0 spiro atoms. The van der Waals surface area contributed by atoms with Crippen molar-refractivity contribution < 1.29 is 14.6 Å². The predicted molar refractivity (Wildman–Crippen MR) is 76.3 cm³/mol. The number of hydrogen-bond donors (Lipinski definition) is 2. The third-order valence-corrected chi connectivity index (χ3v) is 3.78. The molecule has 2 N–H and O–H groups in total. The van der Waals surface area contributed by atoms with Crippen LogP contribution in [0.15, 0.2) is 29.6 Å². The minimum atomic E-state index is -0.693. The van der Waals surface area contributed by atoms with E-state index in [1.807, 2.05) is 36.6 Å². The number of benzene rings is 1. The summed E-state index contributed by atoms with van der Waals surface area (Å²) in [6, 6.07) is 7.91. The lowest BCUT2D eigenvalue weighted by Gasteiger charge is -2.11. The first kappa shape index (κ1) is 14.0. The lowest BCUT2D eigenvalue weighted by Crippen LogP contribution is -2.31. The van der Waals surface area contributed by atoms with E-state index < -0.39 is 6.10 Å². The van der Waals surface area contributed by atoms with Crippen molar-refractivity contribution in [1.29, 1.82) is 0 Å². The minimum absolute atomic E-state index is 0.0353. The van der Waals surface area contributed by atoms with E-state index >= 15 is 0 Å². The van der Waals surface area contributed by atoms with Gasteiger partial charge in [-0.1, -0.05) is 18.2 Å². The molecule has 0 saturated carbocycles. The van der Waals surface area contributed by atoms with Crippen molar-refractivity contribution in [2.24, 2.45) is 0 Å². The average Bonchev–Trinajstić information content (AvgIpc) is 2.86. The van der Waals surface area contributed by atoms with Crippen molar-refractivity contribution in [2.45, 2.75) is 13.0 Å². The normalized spacial score (nSPS) is 12.5. The van der Waals surface area contributed by atoms with Crippen molar-refractivity contribution in [3.05, 3.63) is 35.2 Å². The monoisotopic (exact) mass is 279 g/mol. The zero-order valence-corrected chi connectivity index (χ0v) is 11.6. The van der Waals surface area contributed by atoms with Gasteiger partial charge >= 0.3 is 0 Å². The highest BCUT2D eigenvalue weighted by Crippen LogP contribution is 2.29. The summed E-state index contributed by atoms with van der Waals surface area (Å²) in [6.07, 6.45) is -0.693. The van der Waals surface area contributed by atoms with Gasteiger partial charge in [0.05, 0.1) is 6.10 Å².